The van der Waals surface area contributed by atoms with Gasteiger partial charge in [0.15, 0.2) is 18.8 Å². The minimum atomic E-state index is -1.85. The number of unbranched alkanes of at least 4 members (excludes halogenated alkanes) is 8. The van der Waals surface area contributed by atoms with E-state index >= 15 is 0 Å². The molecule has 0 radical (unpaired) electrons. The maximum atomic E-state index is 13.1. The zero-order valence-electron chi connectivity index (χ0n) is 33.8. The van der Waals surface area contributed by atoms with E-state index in [0.717, 1.165) is 55.4 Å². The molecule has 20 nitrogen and oxygen atoms in total. The van der Waals surface area contributed by atoms with Crippen molar-refractivity contribution in [1.29, 1.82) is 0 Å². The number of ether oxygens (including phenoxy) is 4. The van der Waals surface area contributed by atoms with Gasteiger partial charge in [-0.25, -0.2) is 4.79 Å². The molecule has 11 N–H and O–H groups in total. The van der Waals surface area contributed by atoms with E-state index in [4.69, 9.17) is 18.9 Å². The fraction of sp³-hybridized carbons (Fsp3) is 0.795. The summed E-state index contributed by atoms with van der Waals surface area (Å²) in [6.07, 6.45) is -7.65. The van der Waals surface area contributed by atoms with Gasteiger partial charge < -0.3 is 70.4 Å². The maximum Gasteiger partial charge on any atom is 0.330 e. The van der Waals surface area contributed by atoms with E-state index in [1.807, 2.05) is 4.98 Å². The molecule has 1 aromatic heterocycles. The number of rotatable bonds is 21. The zero-order chi connectivity index (χ0) is 43.4. The van der Waals surface area contributed by atoms with Gasteiger partial charge in [0.25, 0.3) is 5.56 Å². The number of hydrogen-bond donors (Lipinski definition) is 11. The van der Waals surface area contributed by atoms with E-state index in [1.54, 1.807) is 6.08 Å². The summed E-state index contributed by atoms with van der Waals surface area (Å²) in [6, 6.07) is -2.01. The van der Waals surface area contributed by atoms with Gasteiger partial charge in [0.2, 0.25) is 11.8 Å². The average molecular weight is 845 g/mol. The van der Waals surface area contributed by atoms with Crippen LogP contribution in [0, 0.1) is 5.92 Å². The largest absolute Gasteiger partial charge is 0.394 e. The Morgan fingerprint density at radius 2 is 1.39 bits per heavy atom. The predicted molar refractivity (Wildman–Crippen MR) is 207 cm³/mol. The highest BCUT2D eigenvalue weighted by molar-refractivity contribution is 5.87. The number of aliphatic hydroxyl groups excluding tert-OH is 8. The Hall–Kier alpha value is -3.12. The Balaban J connectivity index is 1.44. The van der Waals surface area contributed by atoms with Gasteiger partial charge in [0.05, 0.1) is 18.8 Å². The molecule has 2 amide bonds. The van der Waals surface area contributed by atoms with E-state index in [2.05, 4.69) is 24.5 Å². The average Bonchev–Trinajstić information content (AvgIpc) is 3.47. The lowest BCUT2D eigenvalue weighted by Gasteiger charge is -2.47. The van der Waals surface area contributed by atoms with E-state index in [9.17, 15) is 60.0 Å². The molecule has 3 fully saturated rings. The summed E-state index contributed by atoms with van der Waals surface area (Å²) in [5.74, 6) is -0.621. The molecule has 59 heavy (non-hydrogen) atoms. The van der Waals surface area contributed by atoms with E-state index in [1.165, 1.54) is 38.2 Å². The van der Waals surface area contributed by atoms with Crippen molar-refractivity contribution < 1.29 is 69.4 Å². The lowest BCUT2D eigenvalue weighted by Crippen LogP contribution is -2.68. The number of hydrogen-bond acceptors (Lipinski definition) is 16. The van der Waals surface area contributed by atoms with Crippen LogP contribution in [0.4, 0.5) is 0 Å². The number of allylic oxidation sites excluding steroid dienone is 1. The van der Waals surface area contributed by atoms with Gasteiger partial charge in [-0.2, -0.15) is 0 Å². The number of nitrogens with one attached hydrogen (secondary N) is 3. The van der Waals surface area contributed by atoms with Gasteiger partial charge in [0, 0.05) is 25.6 Å². The van der Waals surface area contributed by atoms with Crippen molar-refractivity contribution in [1.82, 2.24) is 20.2 Å². The van der Waals surface area contributed by atoms with Crippen LogP contribution < -0.4 is 21.9 Å². The standard InChI is InChI=1S/C39H64N4O16/c1-20(2)14-12-10-8-6-4-5-7-9-11-13-15-25(47)41-28-32(52)29(49)23(56-38(28)59-37-27(40-21(3)45)31(51)30(50)24(19-44)57-37)18-22(46)35-33(53)34(54)36(58-35)43-17-16-26(48)42-39(43)55/h13,15-17,20,22-24,27-38,44,46,49-54H,4-12,14,18-19H2,1-3H3,(H,40,45)(H,41,47)(H,42,48,55)/b15-13+/t22?,23?,24-,27-,28-,29+,30-,31-,32-,33+,34-,35-,36-,37?,38+/m1/s1. The third kappa shape index (κ3) is 13.4. The van der Waals surface area contributed by atoms with Crippen LogP contribution in [0.5, 0.6) is 0 Å². The minimum Gasteiger partial charge on any atom is -0.394 e. The Labute approximate surface area is 342 Å². The van der Waals surface area contributed by atoms with Crippen molar-refractivity contribution in [2.45, 2.75) is 183 Å². The second kappa shape index (κ2) is 23.2. The van der Waals surface area contributed by atoms with Crippen molar-refractivity contribution in [3.63, 3.8) is 0 Å². The lowest BCUT2D eigenvalue weighted by atomic mass is 9.91. The highest BCUT2D eigenvalue weighted by Crippen LogP contribution is 2.34. The molecule has 4 rings (SSSR count). The maximum absolute atomic E-state index is 13.1. The van der Waals surface area contributed by atoms with Crippen LogP contribution in [-0.4, -0.2) is 155 Å². The summed E-state index contributed by atoms with van der Waals surface area (Å²) in [7, 11) is 0. The van der Waals surface area contributed by atoms with Crippen LogP contribution in [-0.2, 0) is 28.5 Å². The van der Waals surface area contributed by atoms with Crippen LogP contribution in [0.2, 0.25) is 0 Å². The van der Waals surface area contributed by atoms with Gasteiger partial charge in [-0.3, -0.25) is 23.9 Å². The quantitative estimate of drug-likeness (QED) is 0.0467. The van der Waals surface area contributed by atoms with Gasteiger partial charge in [-0.05, 0) is 24.8 Å². The van der Waals surface area contributed by atoms with Crippen molar-refractivity contribution in [3.8, 4) is 0 Å². The number of aromatic nitrogens is 2. The number of aliphatic hydroxyl groups is 8. The molecule has 3 aliphatic heterocycles. The number of nitrogens with zero attached hydrogens (tertiary/aromatic N) is 1. The Bertz CT molecular complexity index is 1610. The van der Waals surface area contributed by atoms with Gasteiger partial charge in [-0.15, -0.1) is 0 Å². The highest BCUT2D eigenvalue weighted by Gasteiger charge is 2.53. The molecule has 3 aliphatic rings. The van der Waals surface area contributed by atoms with Crippen LogP contribution in [0.1, 0.15) is 97.6 Å². The molecule has 3 unspecified atom stereocenters. The molecule has 336 valence electrons. The minimum absolute atomic E-state index is 0.597. The van der Waals surface area contributed by atoms with Crippen LogP contribution >= 0.6 is 0 Å². The first kappa shape index (κ1) is 48.5. The Morgan fingerprint density at radius 1 is 0.814 bits per heavy atom. The van der Waals surface area contributed by atoms with Crippen molar-refractivity contribution >= 4 is 11.8 Å². The van der Waals surface area contributed by atoms with E-state index in [0.29, 0.717) is 6.42 Å². The normalized spacial score (nSPS) is 34.3. The molecular weight excluding hydrogens is 780 g/mol. The van der Waals surface area contributed by atoms with Gasteiger partial charge in [0.1, 0.15) is 60.9 Å². The summed E-state index contributed by atoms with van der Waals surface area (Å²) in [5, 5.41) is 91.4. The second-order valence-electron chi connectivity index (χ2n) is 16.1. The molecule has 3 saturated heterocycles. The first-order valence-electron chi connectivity index (χ1n) is 20.6. The Kier molecular flexibility index (Phi) is 19.1. The lowest BCUT2D eigenvalue weighted by molar-refractivity contribution is -0.346. The summed E-state index contributed by atoms with van der Waals surface area (Å²) in [6.45, 7) is 4.81. The molecule has 4 heterocycles. The smallest absolute Gasteiger partial charge is 0.330 e. The van der Waals surface area contributed by atoms with Crippen LogP contribution in [0.15, 0.2) is 34.0 Å². The van der Waals surface area contributed by atoms with Crippen molar-refractivity contribution in [3.05, 3.63) is 45.3 Å². The first-order valence-corrected chi connectivity index (χ1v) is 20.6. The molecule has 15 atom stereocenters. The summed E-state index contributed by atoms with van der Waals surface area (Å²) in [4.78, 5) is 51.1. The van der Waals surface area contributed by atoms with Crippen LogP contribution in [0.25, 0.3) is 0 Å². The predicted octanol–water partition coefficient (Wildman–Crippen LogP) is -2.09. The fourth-order valence-electron chi connectivity index (χ4n) is 7.63. The number of H-pyrrole nitrogens is 1. The molecule has 1 aromatic rings. The van der Waals surface area contributed by atoms with E-state index < -0.39 is 128 Å². The van der Waals surface area contributed by atoms with Gasteiger partial charge >= 0.3 is 5.69 Å². The summed E-state index contributed by atoms with van der Waals surface area (Å²) < 4.78 is 24.1. The molecule has 0 aromatic carbocycles. The third-order valence-corrected chi connectivity index (χ3v) is 11.0. The molecular formula is C39H64N4O16. The number of carbonyl (C=O) groups is 2. The Morgan fingerprint density at radius 3 is 1.98 bits per heavy atom. The number of aromatic amines is 1. The molecule has 0 aliphatic carbocycles. The summed E-state index contributed by atoms with van der Waals surface area (Å²) in [5.41, 5.74) is -1.68. The molecule has 20 heteroatoms. The molecule has 0 bridgehead atoms. The number of carbonyl (C=O) groups excluding carboxylic acids is 2. The topological polar surface area (TPSA) is 312 Å². The van der Waals surface area contributed by atoms with Crippen molar-refractivity contribution in [2.75, 3.05) is 6.61 Å². The monoisotopic (exact) mass is 844 g/mol. The van der Waals surface area contributed by atoms with E-state index in [-0.39, 0.29) is 0 Å². The first-order chi connectivity index (χ1) is 28.0. The van der Waals surface area contributed by atoms with Crippen molar-refractivity contribution in [2.24, 2.45) is 5.92 Å². The zero-order valence-corrected chi connectivity index (χ0v) is 33.8. The third-order valence-electron chi connectivity index (χ3n) is 11.0. The second-order valence-corrected chi connectivity index (χ2v) is 16.1. The molecule has 0 saturated carbocycles. The molecule has 0 spiro atoms. The fourth-order valence-corrected chi connectivity index (χ4v) is 7.63. The highest BCUT2D eigenvalue weighted by atomic mass is 16.8. The van der Waals surface area contributed by atoms with Crippen LogP contribution in [0.3, 0.4) is 0 Å². The number of amides is 2. The summed E-state index contributed by atoms with van der Waals surface area (Å²) >= 11 is 0. The SMILES string of the molecule is CC(=O)N[C@H]1C(O[C@@H]2OC(CC(O)[C@H]3O[C@@H](n4ccc(=O)[nH]c4=O)[C@H](O)[C@@H]3O)[C@H](O)[C@H](O)[C@H]2NC(=O)/C=C/CCCCCCCCCCC(C)C)O[C@H](CO)[C@@H](O)[C@@H]1O. The van der Waals surface area contributed by atoms with Gasteiger partial charge in [-0.1, -0.05) is 71.3 Å².